The van der Waals surface area contributed by atoms with Crippen molar-refractivity contribution in [2.45, 2.75) is 11.4 Å². The molecule has 0 unspecified atom stereocenters. The maximum Gasteiger partial charge on any atom is 0.245 e. The first kappa shape index (κ1) is 14.5. The molecule has 0 aliphatic heterocycles. The Balaban J connectivity index is 2.81. The largest absolute Gasteiger partial charge is 0.394 e. The van der Waals surface area contributed by atoms with Gasteiger partial charge in [-0.05, 0) is 6.26 Å². The Bertz CT molecular complexity index is 444. The van der Waals surface area contributed by atoms with E-state index in [9.17, 15) is 8.42 Å². The van der Waals surface area contributed by atoms with Crippen LogP contribution >= 0.6 is 11.8 Å². The van der Waals surface area contributed by atoms with Gasteiger partial charge < -0.3 is 5.11 Å². The normalized spacial score (nSPS) is 12.2. The van der Waals surface area contributed by atoms with Crippen molar-refractivity contribution in [2.75, 3.05) is 32.2 Å². The summed E-state index contributed by atoms with van der Waals surface area (Å²) in [4.78, 5) is 0.162. The smallest absolute Gasteiger partial charge is 0.245 e. The molecule has 1 rings (SSSR count). The standard InChI is InChI=1S/C9H17N3O3S2/c1-11(4-6-16-2)17(14,15)9-7-10-12(8-9)3-5-13/h7-8,13H,3-6H2,1-2H3. The van der Waals surface area contributed by atoms with Crippen LogP contribution in [0.5, 0.6) is 0 Å². The topological polar surface area (TPSA) is 75.4 Å². The predicted octanol–water partition coefficient (Wildman–Crippen LogP) is -0.141. The quantitative estimate of drug-likeness (QED) is 0.752. The maximum atomic E-state index is 12.1. The summed E-state index contributed by atoms with van der Waals surface area (Å²) in [6, 6.07) is 0. The van der Waals surface area contributed by atoms with Crippen LogP contribution < -0.4 is 0 Å². The number of hydrogen-bond acceptors (Lipinski definition) is 5. The second-order valence-electron chi connectivity index (χ2n) is 3.48. The lowest BCUT2D eigenvalue weighted by atomic mass is 10.7. The number of thioether (sulfide) groups is 1. The van der Waals surface area contributed by atoms with E-state index in [1.54, 1.807) is 18.8 Å². The number of sulfonamides is 1. The number of aromatic nitrogens is 2. The van der Waals surface area contributed by atoms with Gasteiger partial charge in [0.15, 0.2) is 0 Å². The molecule has 0 amide bonds. The van der Waals surface area contributed by atoms with E-state index in [1.807, 2.05) is 6.26 Å². The maximum absolute atomic E-state index is 12.1. The van der Waals surface area contributed by atoms with Crippen molar-refractivity contribution in [3.63, 3.8) is 0 Å². The van der Waals surface area contributed by atoms with Gasteiger partial charge in [-0.25, -0.2) is 12.7 Å². The SMILES string of the molecule is CSCCN(C)S(=O)(=O)c1cnn(CCO)c1. The highest BCUT2D eigenvalue weighted by Gasteiger charge is 2.21. The third kappa shape index (κ3) is 3.70. The summed E-state index contributed by atoms with van der Waals surface area (Å²) < 4.78 is 26.8. The molecule has 6 nitrogen and oxygen atoms in total. The first-order valence-electron chi connectivity index (χ1n) is 5.11. The second kappa shape index (κ2) is 6.39. The Morgan fingerprint density at radius 2 is 2.29 bits per heavy atom. The summed E-state index contributed by atoms with van der Waals surface area (Å²) >= 11 is 1.59. The minimum Gasteiger partial charge on any atom is -0.394 e. The number of aliphatic hydroxyl groups is 1. The Morgan fingerprint density at radius 3 is 2.88 bits per heavy atom. The molecule has 17 heavy (non-hydrogen) atoms. The fraction of sp³-hybridized carbons (Fsp3) is 0.667. The van der Waals surface area contributed by atoms with Gasteiger partial charge in [0.05, 0.1) is 19.3 Å². The van der Waals surface area contributed by atoms with E-state index in [4.69, 9.17) is 5.11 Å². The predicted molar refractivity (Wildman–Crippen MR) is 67.5 cm³/mol. The third-order valence-electron chi connectivity index (χ3n) is 2.26. The molecule has 8 heteroatoms. The van der Waals surface area contributed by atoms with Crippen LogP contribution in [0.15, 0.2) is 17.3 Å². The van der Waals surface area contributed by atoms with Crippen LogP contribution in [0.4, 0.5) is 0 Å². The summed E-state index contributed by atoms with van der Waals surface area (Å²) in [5, 5.41) is 12.6. The summed E-state index contributed by atoms with van der Waals surface area (Å²) in [7, 11) is -1.90. The van der Waals surface area contributed by atoms with Gasteiger partial charge in [0.25, 0.3) is 0 Å². The van der Waals surface area contributed by atoms with Crippen molar-refractivity contribution in [3.05, 3.63) is 12.4 Å². The van der Waals surface area contributed by atoms with E-state index in [0.29, 0.717) is 13.1 Å². The molecule has 0 atom stereocenters. The third-order valence-corrected chi connectivity index (χ3v) is 4.66. The first-order valence-corrected chi connectivity index (χ1v) is 7.94. The molecule has 0 spiro atoms. The van der Waals surface area contributed by atoms with Crippen LogP contribution in [-0.2, 0) is 16.6 Å². The highest BCUT2D eigenvalue weighted by molar-refractivity contribution is 7.98. The molecule has 0 aromatic carbocycles. The molecule has 0 aliphatic carbocycles. The zero-order valence-electron chi connectivity index (χ0n) is 9.90. The molecule has 0 saturated heterocycles. The molecular weight excluding hydrogens is 262 g/mol. The summed E-state index contributed by atoms with van der Waals surface area (Å²) in [6.45, 7) is 0.697. The highest BCUT2D eigenvalue weighted by Crippen LogP contribution is 2.13. The van der Waals surface area contributed by atoms with Gasteiger partial charge in [0.1, 0.15) is 4.90 Å². The molecule has 0 bridgehead atoms. The Kier molecular flexibility index (Phi) is 5.44. The van der Waals surface area contributed by atoms with Gasteiger partial charge in [-0.3, -0.25) is 4.68 Å². The zero-order chi connectivity index (χ0) is 12.9. The molecule has 1 aromatic rings. The molecule has 0 saturated carbocycles. The van der Waals surface area contributed by atoms with E-state index in [1.165, 1.54) is 21.4 Å². The zero-order valence-corrected chi connectivity index (χ0v) is 11.5. The Labute approximate surface area is 106 Å². The molecule has 1 heterocycles. The lowest BCUT2D eigenvalue weighted by Crippen LogP contribution is -2.28. The lowest BCUT2D eigenvalue weighted by molar-refractivity contribution is 0.269. The van der Waals surface area contributed by atoms with Gasteiger partial charge in [0, 0.05) is 25.5 Å². The van der Waals surface area contributed by atoms with Gasteiger partial charge >= 0.3 is 0 Å². The van der Waals surface area contributed by atoms with Crippen molar-refractivity contribution < 1.29 is 13.5 Å². The fourth-order valence-electron chi connectivity index (χ4n) is 1.22. The average Bonchev–Trinajstić information content (AvgIpc) is 2.75. The molecule has 1 aromatic heterocycles. The van der Waals surface area contributed by atoms with Crippen LogP contribution in [0.3, 0.4) is 0 Å². The molecule has 0 radical (unpaired) electrons. The van der Waals surface area contributed by atoms with Crippen molar-refractivity contribution in [1.29, 1.82) is 0 Å². The van der Waals surface area contributed by atoms with Crippen LogP contribution in [0, 0.1) is 0 Å². The van der Waals surface area contributed by atoms with Gasteiger partial charge in [-0.2, -0.15) is 16.9 Å². The first-order chi connectivity index (χ1) is 8.02. The second-order valence-corrected chi connectivity index (χ2v) is 6.51. The summed E-state index contributed by atoms with van der Waals surface area (Å²) in [5.74, 6) is 0.751. The van der Waals surface area contributed by atoms with E-state index in [0.717, 1.165) is 5.75 Å². The monoisotopic (exact) mass is 279 g/mol. The van der Waals surface area contributed by atoms with E-state index < -0.39 is 10.0 Å². The minimum atomic E-state index is -3.45. The van der Waals surface area contributed by atoms with E-state index >= 15 is 0 Å². The summed E-state index contributed by atoms with van der Waals surface area (Å²) in [5.41, 5.74) is 0. The lowest BCUT2D eigenvalue weighted by Gasteiger charge is -2.14. The Morgan fingerprint density at radius 1 is 1.59 bits per heavy atom. The highest BCUT2D eigenvalue weighted by atomic mass is 32.2. The molecule has 0 aliphatic rings. The number of aliphatic hydroxyl groups excluding tert-OH is 1. The van der Waals surface area contributed by atoms with Crippen LogP contribution in [-0.4, -0.2) is 59.8 Å². The van der Waals surface area contributed by atoms with Crippen LogP contribution in [0.25, 0.3) is 0 Å². The van der Waals surface area contributed by atoms with Crippen molar-refractivity contribution >= 4 is 21.8 Å². The molecule has 1 N–H and O–H groups in total. The fourth-order valence-corrected chi connectivity index (χ4v) is 2.92. The van der Waals surface area contributed by atoms with Gasteiger partial charge in [0.2, 0.25) is 10.0 Å². The van der Waals surface area contributed by atoms with Crippen LogP contribution in [0.2, 0.25) is 0 Å². The van der Waals surface area contributed by atoms with E-state index in [2.05, 4.69) is 5.10 Å². The van der Waals surface area contributed by atoms with Gasteiger partial charge in [-0.15, -0.1) is 0 Å². The molecular formula is C9H17N3O3S2. The van der Waals surface area contributed by atoms with Crippen molar-refractivity contribution in [3.8, 4) is 0 Å². The van der Waals surface area contributed by atoms with Crippen molar-refractivity contribution in [1.82, 2.24) is 14.1 Å². The van der Waals surface area contributed by atoms with Gasteiger partial charge in [-0.1, -0.05) is 0 Å². The average molecular weight is 279 g/mol. The minimum absolute atomic E-state index is 0.0660. The Hall–Kier alpha value is -0.570. The number of nitrogens with zero attached hydrogens (tertiary/aromatic N) is 3. The van der Waals surface area contributed by atoms with E-state index in [-0.39, 0.29) is 11.5 Å². The number of hydrogen-bond donors (Lipinski definition) is 1. The van der Waals surface area contributed by atoms with Crippen molar-refractivity contribution in [2.24, 2.45) is 0 Å². The number of rotatable bonds is 7. The molecule has 0 fully saturated rings. The van der Waals surface area contributed by atoms with Crippen LogP contribution in [0.1, 0.15) is 0 Å². The summed E-state index contributed by atoms with van der Waals surface area (Å²) in [6.07, 6.45) is 4.67. The molecule has 98 valence electrons.